The number of rotatable bonds is 3. The van der Waals surface area contributed by atoms with Crippen LogP contribution >= 0.6 is 16.1 Å². The van der Waals surface area contributed by atoms with Crippen LogP contribution in [0.25, 0.3) is 0 Å². The molecule has 1 N–H and O–H groups in total. The summed E-state index contributed by atoms with van der Waals surface area (Å²) in [7, 11) is 0. The maximum atomic E-state index is 11.8. The molecule has 0 aromatic carbocycles. The Morgan fingerprint density at radius 3 is 2.82 bits per heavy atom. The van der Waals surface area contributed by atoms with Gasteiger partial charge in [-0.15, -0.1) is 0 Å². The zero-order chi connectivity index (χ0) is 16.3. The first-order valence-corrected chi connectivity index (χ1v) is 7.79. The maximum absolute atomic E-state index is 11.8. The van der Waals surface area contributed by atoms with E-state index in [0.717, 1.165) is 17.7 Å². The molecular weight excluding hydrogens is 346 g/mol. The Kier molecular flexibility index (Phi) is 4.90. The smallest absolute Gasteiger partial charge is 0.239 e. The summed E-state index contributed by atoms with van der Waals surface area (Å²) in [6.07, 6.45) is 8.40. The van der Waals surface area contributed by atoms with Crippen molar-refractivity contribution >= 4 is 21.9 Å². The molecule has 0 radical (unpaired) electrons. The molecule has 0 bridgehead atoms. The first kappa shape index (κ1) is 16.5. The summed E-state index contributed by atoms with van der Waals surface area (Å²) in [4.78, 5) is 0. The quantitative estimate of drug-likeness (QED) is 0.387. The maximum Gasteiger partial charge on any atom is 0.239 e. The number of aromatic hydroxyl groups is 1. The highest BCUT2D eigenvalue weighted by Gasteiger charge is 2.19. The van der Waals surface area contributed by atoms with Crippen LogP contribution in [-0.2, 0) is 6.42 Å². The Bertz CT molecular complexity index is 625. The van der Waals surface area contributed by atoms with Gasteiger partial charge in [0.1, 0.15) is 0 Å². The molecular formula is C16H20BrN3O2. The lowest BCUT2D eigenvalue weighted by Gasteiger charge is -2.27. The summed E-state index contributed by atoms with van der Waals surface area (Å²) >= 11 is 3.44. The molecule has 0 saturated carbocycles. The molecule has 0 unspecified atom stereocenters. The van der Waals surface area contributed by atoms with Crippen LogP contribution in [0.4, 0.5) is 0 Å². The number of nitrogens with zero attached hydrogens (tertiary/aromatic N) is 3. The molecule has 1 aromatic heterocycles. The van der Waals surface area contributed by atoms with E-state index in [-0.39, 0.29) is 11.3 Å². The molecule has 0 aliphatic heterocycles. The van der Waals surface area contributed by atoms with Gasteiger partial charge >= 0.3 is 0 Å². The molecule has 1 aliphatic carbocycles. The second kappa shape index (κ2) is 6.52. The number of hydrogen-bond acceptors (Lipinski definition) is 4. The first-order valence-electron chi connectivity index (χ1n) is 7.08. The molecule has 1 aromatic rings. The molecule has 118 valence electrons. The fourth-order valence-electron chi connectivity index (χ4n) is 1.97. The first-order chi connectivity index (χ1) is 10.3. The summed E-state index contributed by atoms with van der Waals surface area (Å²) in [5.41, 5.74) is 2.05. The monoisotopic (exact) mass is 365 g/mol. The minimum Gasteiger partial charge on any atom is -0.618 e. The zero-order valence-electron chi connectivity index (χ0n) is 13.0. The van der Waals surface area contributed by atoms with Gasteiger partial charge in [-0.1, -0.05) is 12.2 Å². The Morgan fingerprint density at radius 2 is 2.18 bits per heavy atom. The molecule has 2 rings (SSSR count). The highest BCUT2D eigenvalue weighted by molar-refractivity contribution is 9.07. The molecule has 0 amide bonds. The van der Waals surface area contributed by atoms with Gasteiger partial charge in [0.25, 0.3) is 0 Å². The van der Waals surface area contributed by atoms with E-state index in [0.29, 0.717) is 16.8 Å². The number of pyridine rings is 1. The van der Waals surface area contributed by atoms with Crippen LogP contribution in [0, 0.1) is 5.21 Å². The Labute approximate surface area is 139 Å². The van der Waals surface area contributed by atoms with Crippen molar-refractivity contribution in [3.05, 3.63) is 53.0 Å². The highest BCUT2D eigenvalue weighted by atomic mass is 79.9. The van der Waals surface area contributed by atoms with E-state index in [9.17, 15) is 10.3 Å². The van der Waals surface area contributed by atoms with Crippen molar-refractivity contribution in [2.45, 2.75) is 39.2 Å². The fraction of sp³-hybridized carbons (Fsp3) is 0.375. The van der Waals surface area contributed by atoms with Gasteiger partial charge in [-0.25, -0.2) is 4.03 Å². The molecule has 0 atom stereocenters. The molecule has 0 fully saturated rings. The number of halogens is 1. The van der Waals surface area contributed by atoms with E-state index in [1.54, 1.807) is 4.03 Å². The standard InChI is InChI=1S/C16H20BrN3O2/c1-16(2,3)20(17)18-13-7-4-6-12(10-13)11-14-15(21)8-5-9-19(14)22/h4-6,8-10,21H,7,11H2,1-3H3/b18-13+. The second-order valence-corrected chi connectivity index (χ2v) is 6.86. The van der Waals surface area contributed by atoms with E-state index < -0.39 is 0 Å². The van der Waals surface area contributed by atoms with Gasteiger partial charge < -0.3 is 10.3 Å². The number of allylic oxidation sites excluding steroid dienone is 4. The van der Waals surface area contributed by atoms with Crippen molar-refractivity contribution in [3.8, 4) is 5.75 Å². The van der Waals surface area contributed by atoms with Crippen molar-refractivity contribution in [1.82, 2.24) is 4.03 Å². The zero-order valence-corrected chi connectivity index (χ0v) is 14.5. The van der Waals surface area contributed by atoms with Crippen molar-refractivity contribution in [2.24, 2.45) is 5.10 Å². The number of hydrazone groups is 1. The third-order valence-electron chi connectivity index (χ3n) is 3.19. The normalized spacial score (nSPS) is 16.7. The van der Waals surface area contributed by atoms with Gasteiger partial charge in [0.05, 0.1) is 33.8 Å². The van der Waals surface area contributed by atoms with Gasteiger partial charge in [-0.05, 0) is 38.5 Å². The van der Waals surface area contributed by atoms with Gasteiger partial charge in [0.2, 0.25) is 5.69 Å². The lowest BCUT2D eigenvalue weighted by Crippen LogP contribution is -2.31. The summed E-state index contributed by atoms with van der Waals surface area (Å²) in [6, 6.07) is 3.04. The van der Waals surface area contributed by atoms with Crippen molar-refractivity contribution in [1.29, 1.82) is 0 Å². The lowest BCUT2D eigenvalue weighted by atomic mass is 10.0. The minimum absolute atomic E-state index is 0.00710. The second-order valence-electron chi connectivity index (χ2n) is 6.19. The van der Waals surface area contributed by atoms with Crippen molar-refractivity contribution < 1.29 is 9.84 Å². The van der Waals surface area contributed by atoms with Crippen molar-refractivity contribution in [3.63, 3.8) is 0 Å². The summed E-state index contributed by atoms with van der Waals surface area (Å²) in [6.45, 7) is 6.16. The average molecular weight is 366 g/mol. The third-order valence-corrected chi connectivity index (χ3v) is 4.41. The topological polar surface area (TPSA) is 62.8 Å². The molecule has 1 heterocycles. The van der Waals surface area contributed by atoms with Gasteiger partial charge in [0, 0.05) is 12.5 Å². The van der Waals surface area contributed by atoms with Crippen LogP contribution in [0.15, 0.2) is 47.2 Å². The van der Waals surface area contributed by atoms with E-state index >= 15 is 0 Å². The Morgan fingerprint density at radius 1 is 1.45 bits per heavy atom. The van der Waals surface area contributed by atoms with E-state index in [2.05, 4.69) is 42.0 Å². The molecule has 0 spiro atoms. The third kappa shape index (κ3) is 4.10. The largest absolute Gasteiger partial charge is 0.618 e. The SMILES string of the molecule is CC(C)(C)N(Br)/N=C1/C=C(Cc2c(O)ccc[n+]2[O-])C=CC1. The summed E-state index contributed by atoms with van der Waals surface area (Å²) in [5, 5.41) is 26.1. The average Bonchev–Trinajstić information content (AvgIpc) is 2.42. The molecule has 1 aliphatic rings. The van der Waals surface area contributed by atoms with Crippen LogP contribution in [0.2, 0.25) is 0 Å². The highest BCUT2D eigenvalue weighted by Crippen LogP contribution is 2.22. The van der Waals surface area contributed by atoms with Crippen LogP contribution in [0.3, 0.4) is 0 Å². The van der Waals surface area contributed by atoms with E-state index in [4.69, 9.17) is 0 Å². The molecule has 5 nitrogen and oxygen atoms in total. The van der Waals surface area contributed by atoms with Crippen LogP contribution in [0.1, 0.15) is 32.9 Å². The minimum atomic E-state index is -0.127. The summed E-state index contributed by atoms with van der Waals surface area (Å²) < 4.78 is 2.44. The number of hydrogen-bond donors (Lipinski definition) is 1. The summed E-state index contributed by atoms with van der Waals surface area (Å²) in [5.74, 6) is 0.00710. The predicted molar refractivity (Wildman–Crippen MR) is 90.6 cm³/mol. The Hall–Kier alpha value is -1.82. The van der Waals surface area contributed by atoms with Crippen molar-refractivity contribution in [2.75, 3.05) is 0 Å². The van der Waals surface area contributed by atoms with E-state index in [1.807, 2.05) is 18.2 Å². The van der Waals surface area contributed by atoms with Gasteiger partial charge in [-0.3, -0.25) is 0 Å². The Balaban J connectivity index is 2.22. The van der Waals surface area contributed by atoms with Crippen LogP contribution < -0.4 is 4.73 Å². The van der Waals surface area contributed by atoms with E-state index in [1.165, 1.54) is 18.3 Å². The lowest BCUT2D eigenvalue weighted by molar-refractivity contribution is -0.614. The van der Waals surface area contributed by atoms with Crippen LogP contribution in [-0.4, -0.2) is 20.4 Å². The predicted octanol–water partition coefficient (Wildman–Crippen LogP) is 3.22. The molecule has 6 heteroatoms. The van der Waals surface area contributed by atoms with Gasteiger partial charge in [0.15, 0.2) is 11.9 Å². The molecule has 0 saturated heterocycles. The van der Waals surface area contributed by atoms with Crippen LogP contribution in [0.5, 0.6) is 5.75 Å². The number of aromatic nitrogens is 1. The van der Waals surface area contributed by atoms with Gasteiger partial charge in [-0.2, -0.15) is 9.83 Å². The fourth-order valence-corrected chi connectivity index (χ4v) is 2.17. The molecule has 22 heavy (non-hydrogen) atoms.